The summed E-state index contributed by atoms with van der Waals surface area (Å²) in [5, 5.41) is 3.37. The van der Waals surface area contributed by atoms with Crippen LogP contribution in [0.3, 0.4) is 0 Å². The van der Waals surface area contributed by atoms with Gasteiger partial charge < -0.3 is 10.2 Å². The fraction of sp³-hybridized carbons (Fsp3) is 0.909. The van der Waals surface area contributed by atoms with Gasteiger partial charge in [-0.1, -0.05) is 13.8 Å². The van der Waals surface area contributed by atoms with Gasteiger partial charge in [-0.25, -0.2) is 8.42 Å². The first-order chi connectivity index (χ1) is 7.87. The Hall–Kier alpha value is -0.620. The Morgan fingerprint density at radius 2 is 2.00 bits per heavy atom. The monoisotopic (exact) mass is 262 g/mol. The molecule has 1 aliphatic rings. The van der Waals surface area contributed by atoms with Gasteiger partial charge in [0.1, 0.15) is 5.75 Å². The molecule has 0 radical (unpaired) electrons. The van der Waals surface area contributed by atoms with Gasteiger partial charge in [-0.2, -0.15) is 0 Å². The molecule has 1 N–H and O–H groups in total. The number of hydrogen-bond donors (Lipinski definition) is 1. The molecule has 0 bridgehead atoms. The molecule has 100 valence electrons. The minimum absolute atomic E-state index is 0.118. The number of carbonyl (C=O) groups is 1. The minimum atomic E-state index is -3.24. The van der Waals surface area contributed by atoms with Gasteiger partial charge in [-0.15, -0.1) is 0 Å². The molecule has 1 heterocycles. The van der Waals surface area contributed by atoms with E-state index in [1.807, 2.05) is 6.92 Å². The Morgan fingerprint density at radius 3 is 2.47 bits per heavy atom. The van der Waals surface area contributed by atoms with Crippen LogP contribution < -0.4 is 5.32 Å². The second-order valence-electron chi connectivity index (χ2n) is 4.69. The van der Waals surface area contributed by atoms with Crippen LogP contribution in [0.5, 0.6) is 0 Å². The lowest BCUT2D eigenvalue weighted by Crippen LogP contribution is -2.58. The fourth-order valence-corrected chi connectivity index (χ4v) is 2.73. The zero-order chi connectivity index (χ0) is 13.1. The average Bonchev–Trinajstić information content (AvgIpc) is 2.25. The maximum Gasteiger partial charge on any atom is 0.238 e. The van der Waals surface area contributed by atoms with Crippen molar-refractivity contribution >= 4 is 15.7 Å². The second kappa shape index (κ2) is 5.82. The molecule has 5 nitrogen and oxygen atoms in total. The number of sulfone groups is 1. The molecule has 2 unspecified atom stereocenters. The largest absolute Gasteiger partial charge is 0.336 e. The number of amides is 1. The highest BCUT2D eigenvalue weighted by Crippen LogP contribution is 2.12. The highest BCUT2D eigenvalue weighted by Gasteiger charge is 2.30. The molecule has 1 fully saturated rings. The predicted molar refractivity (Wildman–Crippen MR) is 67.6 cm³/mol. The number of nitrogens with one attached hydrogen (secondary N) is 1. The number of rotatable bonds is 4. The Labute approximate surface area is 103 Å². The van der Waals surface area contributed by atoms with E-state index in [1.165, 1.54) is 0 Å². The van der Waals surface area contributed by atoms with E-state index in [1.54, 1.807) is 4.90 Å². The molecule has 0 aromatic carbocycles. The highest BCUT2D eigenvalue weighted by molar-refractivity contribution is 7.91. The third-order valence-electron chi connectivity index (χ3n) is 3.17. The summed E-state index contributed by atoms with van der Waals surface area (Å²) >= 11 is 0. The molecule has 0 spiro atoms. The molecule has 6 heteroatoms. The Kier molecular flexibility index (Phi) is 4.94. The summed E-state index contributed by atoms with van der Waals surface area (Å²) in [4.78, 5) is 13.7. The second-order valence-corrected chi connectivity index (χ2v) is 6.83. The van der Waals surface area contributed by atoms with Crippen LogP contribution >= 0.6 is 0 Å². The van der Waals surface area contributed by atoms with Crippen LogP contribution in [0, 0.1) is 0 Å². The third-order valence-corrected chi connectivity index (χ3v) is 3.94. The SMILES string of the molecule is CCC1CN(C(=O)CS(C)(=O)=O)C(CC)CN1. The van der Waals surface area contributed by atoms with Crippen LogP contribution in [0.15, 0.2) is 0 Å². The van der Waals surface area contributed by atoms with Crippen LogP contribution in [-0.2, 0) is 14.6 Å². The van der Waals surface area contributed by atoms with Crippen molar-refractivity contribution in [1.29, 1.82) is 0 Å². The molecule has 17 heavy (non-hydrogen) atoms. The Bertz CT molecular complexity index is 367. The van der Waals surface area contributed by atoms with Crippen LogP contribution in [0.25, 0.3) is 0 Å². The van der Waals surface area contributed by atoms with Crippen molar-refractivity contribution in [2.45, 2.75) is 38.8 Å². The van der Waals surface area contributed by atoms with Gasteiger partial charge in [0.05, 0.1) is 0 Å². The standard InChI is InChI=1S/C11H22N2O3S/c1-4-9-7-13(10(5-2)6-12-9)11(14)8-17(3,15)16/h9-10,12H,4-8H2,1-3H3. The molecule has 0 aromatic rings. The van der Waals surface area contributed by atoms with Crippen molar-refractivity contribution in [2.75, 3.05) is 25.1 Å². The molecule has 0 aliphatic carbocycles. The van der Waals surface area contributed by atoms with Crippen molar-refractivity contribution in [3.8, 4) is 0 Å². The van der Waals surface area contributed by atoms with Crippen LogP contribution in [0.2, 0.25) is 0 Å². The van der Waals surface area contributed by atoms with E-state index in [2.05, 4.69) is 12.2 Å². The Morgan fingerprint density at radius 1 is 1.35 bits per heavy atom. The molecule has 1 aliphatic heterocycles. The molecule has 1 saturated heterocycles. The smallest absolute Gasteiger partial charge is 0.238 e. The predicted octanol–water partition coefficient (Wildman–Crippen LogP) is 0.0200. The van der Waals surface area contributed by atoms with E-state index in [-0.39, 0.29) is 23.7 Å². The van der Waals surface area contributed by atoms with Crippen molar-refractivity contribution in [2.24, 2.45) is 0 Å². The molecule has 2 atom stereocenters. The lowest BCUT2D eigenvalue weighted by atomic mass is 10.1. The number of nitrogens with zero attached hydrogens (tertiary/aromatic N) is 1. The number of piperazine rings is 1. The van der Waals surface area contributed by atoms with E-state index < -0.39 is 9.84 Å². The Balaban J connectivity index is 2.72. The first-order valence-corrected chi connectivity index (χ1v) is 8.14. The fourth-order valence-electron chi connectivity index (χ4n) is 2.11. The van der Waals surface area contributed by atoms with Gasteiger partial charge in [-0.3, -0.25) is 4.79 Å². The summed E-state index contributed by atoms with van der Waals surface area (Å²) in [7, 11) is -3.24. The summed E-state index contributed by atoms with van der Waals surface area (Å²) in [6, 6.07) is 0.397. The first-order valence-electron chi connectivity index (χ1n) is 6.08. The molecule has 0 aromatic heterocycles. The summed E-state index contributed by atoms with van der Waals surface area (Å²) in [5.74, 6) is -0.640. The molecular weight excluding hydrogens is 240 g/mol. The van der Waals surface area contributed by atoms with Crippen LogP contribution in [-0.4, -0.2) is 56.4 Å². The van der Waals surface area contributed by atoms with Crippen molar-refractivity contribution in [3.05, 3.63) is 0 Å². The zero-order valence-electron chi connectivity index (χ0n) is 10.8. The van der Waals surface area contributed by atoms with Gasteiger partial charge in [0.2, 0.25) is 5.91 Å². The van der Waals surface area contributed by atoms with Gasteiger partial charge >= 0.3 is 0 Å². The van der Waals surface area contributed by atoms with Crippen molar-refractivity contribution in [1.82, 2.24) is 10.2 Å². The molecule has 1 rings (SSSR count). The topological polar surface area (TPSA) is 66.5 Å². The van der Waals surface area contributed by atoms with E-state index >= 15 is 0 Å². The maximum atomic E-state index is 12.0. The maximum absolute atomic E-state index is 12.0. The summed E-state index contributed by atoms with van der Waals surface area (Å²) in [6.07, 6.45) is 2.89. The lowest BCUT2D eigenvalue weighted by Gasteiger charge is -2.40. The quantitative estimate of drug-likeness (QED) is 0.775. The van der Waals surface area contributed by atoms with E-state index in [4.69, 9.17) is 0 Å². The minimum Gasteiger partial charge on any atom is -0.336 e. The van der Waals surface area contributed by atoms with Gasteiger partial charge in [0, 0.05) is 31.4 Å². The van der Waals surface area contributed by atoms with Crippen molar-refractivity contribution in [3.63, 3.8) is 0 Å². The third kappa shape index (κ3) is 4.27. The number of carbonyl (C=O) groups excluding carboxylic acids is 1. The normalized spacial score (nSPS) is 25.9. The van der Waals surface area contributed by atoms with E-state index in [9.17, 15) is 13.2 Å². The van der Waals surface area contributed by atoms with Gasteiger partial charge in [0.25, 0.3) is 0 Å². The lowest BCUT2D eigenvalue weighted by molar-refractivity contribution is -0.132. The number of hydrogen-bond acceptors (Lipinski definition) is 4. The summed E-state index contributed by atoms with van der Waals surface area (Å²) < 4.78 is 22.3. The zero-order valence-corrected chi connectivity index (χ0v) is 11.6. The van der Waals surface area contributed by atoms with Gasteiger partial charge in [-0.05, 0) is 12.8 Å². The van der Waals surface area contributed by atoms with E-state index in [0.717, 1.165) is 25.6 Å². The van der Waals surface area contributed by atoms with Gasteiger partial charge in [0.15, 0.2) is 9.84 Å². The van der Waals surface area contributed by atoms with Crippen LogP contribution in [0.1, 0.15) is 26.7 Å². The van der Waals surface area contributed by atoms with Crippen LogP contribution in [0.4, 0.5) is 0 Å². The van der Waals surface area contributed by atoms with Crippen molar-refractivity contribution < 1.29 is 13.2 Å². The summed E-state index contributed by atoms with van der Waals surface area (Å²) in [5.41, 5.74) is 0. The molecular formula is C11H22N2O3S. The highest BCUT2D eigenvalue weighted by atomic mass is 32.2. The van der Waals surface area contributed by atoms with E-state index in [0.29, 0.717) is 6.54 Å². The first kappa shape index (κ1) is 14.4. The molecule has 1 amide bonds. The summed E-state index contributed by atoms with van der Waals surface area (Å²) in [6.45, 7) is 5.44. The average molecular weight is 262 g/mol. The molecule has 0 saturated carbocycles.